The molecule has 1 aliphatic rings. The molecule has 1 amide bonds. The van der Waals surface area contributed by atoms with Gasteiger partial charge in [-0.15, -0.1) is 0 Å². The normalized spacial score (nSPS) is 18.1. The maximum absolute atomic E-state index is 14.0. The summed E-state index contributed by atoms with van der Waals surface area (Å²) in [5, 5.41) is 11.4. The number of hydrogen-bond acceptors (Lipinski definition) is 2. The molecular weight excluding hydrogens is 477 g/mol. The predicted molar refractivity (Wildman–Crippen MR) is 131 cm³/mol. The number of hydrogen-bond donors (Lipinski definition) is 1. The van der Waals surface area contributed by atoms with Gasteiger partial charge in [0.25, 0.3) is 0 Å². The fourth-order valence-electron chi connectivity index (χ4n) is 4.32. The van der Waals surface area contributed by atoms with Crippen molar-refractivity contribution in [2.45, 2.75) is 30.5 Å². The molecule has 3 aromatic rings. The third-order valence-electron chi connectivity index (χ3n) is 6.00. The second-order valence-corrected chi connectivity index (χ2v) is 10.5. The van der Waals surface area contributed by atoms with E-state index in [9.17, 15) is 14.7 Å². The van der Waals surface area contributed by atoms with Crippen LogP contribution in [0.25, 0.3) is 5.70 Å². The fourth-order valence-corrected chi connectivity index (χ4v) is 6.92. The number of carbonyl (C=O) groups is 2. The van der Waals surface area contributed by atoms with Crippen molar-refractivity contribution in [1.82, 2.24) is 4.90 Å². The molecule has 1 aliphatic heterocycles. The van der Waals surface area contributed by atoms with Crippen LogP contribution in [0.4, 0.5) is 0 Å². The first kappa shape index (κ1) is 23.0. The third kappa shape index (κ3) is 5.11. The Morgan fingerprint density at radius 1 is 0.879 bits per heavy atom. The molecule has 0 spiro atoms. The molecule has 4 nitrogen and oxygen atoms in total. The summed E-state index contributed by atoms with van der Waals surface area (Å²) >= 11 is 0.153. The van der Waals surface area contributed by atoms with E-state index in [2.05, 4.69) is 12.1 Å². The van der Waals surface area contributed by atoms with E-state index in [0.717, 1.165) is 27.7 Å². The minimum atomic E-state index is -0.908. The van der Waals surface area contributed by atoms with Gasteiger partial charge in [0.15, 0.2) is 0 Å². The Kier molecular flexibility index (Phi) is 7.12. The van der Waals surface area contributed by atoms with Gasteiger partial charge < -0.3 is 0 Å². The standard InChI is InChI=1S/C28H27NO3Se/c1-28(20-33-19-22-13-7-3-8-14-22)24(17-25(30)31)26(23-15-9-4-10-16-23)29(27(28)32)18-21-11-5-2-6-12-21/h2-16H,17-20H2,1H3,(H,30,31). The molecular formula is C28H27NO3Se. The van der Waals surface area contributed by atoms with Gasteiger partial charge in [-0.3, -0.25) is 0 Å². The average molecular weight is 504 g/mol. The van der Waals surface area contributed by atoms with Crippen molar-refractivity contribution < 1.29 is 14.7 Å². The molecule has 0 saturated carbocycles. The van der Waals surface area contributed by atoms with E-state index >= 15 is 0 Å². The molecule has 168 valence electrons. The molecule has 0 bridgehead atoms. The van der Waals surface area contributed by atoms with Gasteiger partial charge in [-0.1, -0.05) is 0 Å². The van der Waals surface area contributed by atoms with Crippen LogP contribution < -0.4 is 0 Å². The van der Waals surface area contributed by atoms with Crippen LogP contribution in [0.15, 0.2) is 96.6 Å². The van der Waals surface area contributed by atoms with Crippen molar-refractivity contribution in [3.05, 3.63) is 113 Å². The number of benzene rings is 3. The van der Waals surface area contributed by atoms with Gasteiger partial charge in [0.1, 0.15) is 0 Å². The monoisotopic (exact) mass is 505 g/mol. The molecule has 1 heterocycles. The molecule has 1 unspecified atom stereocenters. The van der Waals surface area contributed by atoms with Crippen LogP contribution in [-0.2, 0) is 21.5 Å². The van der Waals surface area contributed by atoms with Crippen molar-refractivity contribution in [3.63, 3.8) is 0 Å². The van der Waals surface area contributed by atoms with E-state index < -0.39 is 11.4 Å². The average Bonchev–Trinajstić information content (AvgIpc) is 3.02. The Morgan fingerprint density at radius 3 is 2.00 bits per heavy atom. The Hall–Kier alpha value is -3.14. The third-order valence-corrected chi connectivity index (χ3v) is 8.77. The Balaban J connectivity index is 1.73. The van der Waals surface area contributed by atoms with Crippen LogP contribution in [0.5, 0.6) is 0 Å². The van der Waals surface area contributed by atoms with Crippen molar-refractivity contribution in [3.8, 4) is 0 Å². The number of carboxylic acids is 1. The van der Waals surface area contributed by atoms with Crippen molar-refractivity contribution in [2.24, 2.45) is 5.41 Å². The second kappa shape index (κ2) is 10.2. The maximum atomic E-state index is 14.0. The van der Waals surface area contributed by atoms with Crippen molar-refractivity contribution in [2.75, 3.05) is 0 Å². The van der Waals surface area contributed by atoms with Crippen LogP contribution >= 0.6 is 0 Å². The minimum absolute atomic E-state index is 0.00334. The predicted octanol–water partition coefficient (Wildman–Crippen LogP) is 5.24. The second-order valence-electron chi connectivity index (χ2n) is 8.45. The first-order chi connectivity index (χ1) is 16.0. The molecule has 1 N–H and O–H groups in total. The summed E-state index contributed by atoms with van der Waals surface area (Å²) in [5.74, 6) is -0.911. The number of aliphatic carboxylic acids is 1. The molecule has 4 rings (SSSR count). The molecule has 0 saturated heterocycles. The Labute approximate surface area is 201 Å². The van der Waals surface area contributed by atoms with E-state index in [4.69, 9.17) is 0 Å². The summed E-state index contributed by atoms with van der Waals surface area (Å²) in [6.07, 6.45) is -0.140. The molecule has 5 heteroatoms. The number of carbonyl (C=O) groups excluding carboxylic acids is 1. The number of rotatable bonds is 9. The summed E-state index contributed by atoms with van der Waals surface area (Å²) in [5.41, 5.74) is 3.81. The topological polar surface area (TPSA) is 57.6 Å². The first-order valence-corrected chi connectivity index (χ1v) is 13.4. The van der Waals surface area contributed by atoms with E-state index in [-0.39, 0.29) is 27.3 Å². The van der Waals surface area contributed by atoms with Crippen molar-refractivity contribution >= 4 is 32.5 Å². The van der Waals surface area contributed by atoms with Gasteiger partial charge in [-0.05, 0) is 0 Å². The van der Waals surface area contributed by atoms with Gasteiger partial charge in [-0.2, -0.15) is 0 Å². The van der Waals surface area contributed by atoms with Gasteiger partial charge in [0.2, 0.25) is 0 Å². The van der Waals surface area contributed by atoms with Gasteiger partial charge in [-0.25, -0.2) is 0 Å². The van der Waals surface area contributed by atoms with Gasteiger partial charge in [0, 0.05) is 0 Å². The SMILES string of the molecule is CC1(C[Se]Cc2ccccc2)C(=O)N(Cc2ccccc2)C(c2ccccc2)=C1CC(=O)O. The van der Waals surface area contributed by atoms with Crippen LogP contribution in [0.2, 0.25) is 5.32 Å². The number of carboxylic acid groups (broad SMARTS) is 1. The summed E-state index contributed by atoms with van der Waals surface area (Å²) in [4.78, 5) is 27.7. The molecule has 0 aliphatic carbocycles. The first-order valence-electron chi connectivity index (χ1n) is 11.0. The Bertz CT molecular complexity index is 1150. The molecule has 1 atom stereocenters. The molecule has 0 radical (unpaired) electrons. The molecule has 0 aromatic heterocycles. The quantitative estimate of drug-likeness (QED) is 0.406. The fraction of sp³-hybridized carbons (Fsp3) is 0.214. The van der Waals surface area contributed by atoms with E-state index in [0.29, 0.717) is 11.9 Å². The zero-order chi connectivity index (χ0) is 23.3. The van der Waals surface area contributed by atoms with Crippen LogP contribution in [0, 0.1) is 5.41 Å². The van der Waals surface area contributed by atoms with Gasteiger partial charge >= 0.3 is 201 Å². The summed E-state index contributed by atoms with van der Waals surface area (Å²) < 4.78 is 0. The zero-order valence-corrected chi connectivity index (χ0v) is 20.3. The molecule has 0 fully saturated rings. The Morgan fingerprint density at radius 2 is 1.42 bits per heavy atom. The zero-order valence-electron chi connectivity index (χ0n) is 18.6. The summed E-state index contributed by atoms with van der Waals surface area (Å²) in [6, 6.07) is 29.9. The molecule has 3 aromatic carbocycles. The van der Waals surface area contributed by atoms with Crippen molar-refractivity contribution in [1.29, 1.82) is 0 Å². The summed E-state index contributed by atoms with van der Waals surface area (Å²) in [6.45, 7) is 2.36. The van der Waals surface area contributed by atoms with Crippen LogP contribution in [-0.4, -0.2) is 36.8 Å². The van der Waals surface area contributed by atoms with E-state index in [1.54, 1.807) is 0 Å². The van der Waals surface area contributed by atoms with Crippen LogP contribution in [0.1, 0.15) is 30.0 Å². The van der Waals surface area contributed by atoms with E-state index in [1.165, 1.54) is 5.56 Å². The number of amides is 1. The van der Waals surface area contributed by atoms with Gasteiger partial charge in [0.05, 0.1) is 0 Å². The van der Waals surface area contributed by atoms with Crippen LogP contribution in [0.3, 0.4) is 0 Å². The molecule has 33 heavy (non-hydrogen) atoms. The number of nitrogens with zero attached hydrogens (tertiary/aromatic N) is 1. The summed E-state index contributed by atoms with van der Waals surface area (Å²) in [7, 11) is 0. The van der Waals surface area contributed by atoms with E-state index in [1.807, 2.05) is 90.7 Å².